The van der Waals surface area contributed by atoms with Gasteiger partial charge in [-0.05, 0) is 19.1 Å². The number of nitrogens with zero attached hydrogens (tertiary/aromatic N) is 5. The molecule has 0 bridgehead atoms. The average molecular weight is 296 g/mol. The van der Waals surface area contributed by atoms with Crippen molar-refractivity contribution in [1.29, 1.82) is 5.26 Å². The zero-order valence-electron chi connectivity index (χ0n) is 12.5. The molecule has 0 spiro atoms. The first-order chi connectivity index (χ1) is 10.5. The van der Waals surface area contributed by atoms with Crippen LogP contribution in [0, 0.1) is 11.3 Å². The van der Waals surface area contributed by atoms with Crippen molar-refractivity contribution >= 4 is 22.2 Å². The highest BCUT2D eigenvalue weighted by atomic mass is 16.2. The summed E-state index contributed by atoms with van der Waals surface area (Å²) < 4.78 is 4.24. The summed E-state index contributed by atoms with van der Waals surface area (Å²) in [5.74, 6) is 0. The number of aryl methyl sites for hydroxylation is 2. The fourth-order valence-corrected chi connectivity index (χ4v) is 2.65. The molecule has 2 heterocycles. The fraction of sp³-hybridized carbons (Fsp3) is 0.267. The van der Waals surface area contributed by atoms with Crippen LogP contribution < -0.4 is 15.8 Å². The molecular formula is C15H14N5O2+. The molecule has 7 heteroatoms. The van der Waals surface area contributed by atoms with Gasteiger partial charge >= 0.3 is 16.8 Å². The van der Waals surface area contributed by atoms with Crippen LogP contribution in [-0.2, 0) is 20.6 Å². The molecule has 3 aromatic rings. The van der Waals surface area contributed by atoms with Crippen LogP contribution in [0.25, 0.3) is 22.2 Å². The number of benzene rings is 1. The van der Waals surface area contributed by atoms with E-state index < -0.39 is 5.69 Å². The van der Waals surface area contributed by atoms with E-state index in [4.69, 9.17) is 5.26 Å². The van der Waals surface area contributed by atoms with Gasteiger partial charge < -0.3 is 0 Å². The summed E-state index contributed by atoms with van der Waals surface area (Å²) in [5, 5.41) is 9.02. The van der Waals surface area contributed by atoms with Crippen LogP contribution in [-0.4, -0.2) is 14.1 Å². The molecule has 0 aliphatic heterocycles. The second kappa shape index (κ2) is 4.77. The zero-order chi connectivity index (χ0) is 16.0. The van der Waals surface area contributed by atoms with E-state index in [9.17, 15) is 9.59 Å². The Morgan fingerprint density at radius 3 is 2.64 bits per heavy atom. The molecule has 0 amide bonds. The van der Waals surface area contributed by atoms with Gasteiger partial charge in [-0.25, -0.2) is 9.78 Å². The maximum absolute atomic E-state index is 12.5. The Bertz CT molecular complexity index is 1090. The van der Waals surface area contributed by atoms with E-state index in [1.165, 1.54) is 11.6 Å². The topological polar surface area (TPSA) is 84.6 Å². The van der Waals surface area contributed by atoms with Crippen LogP contribution in [0.5, 0.6) is 0 Å². The van der Waals surface area contributed by atoms with Crippen molar-refractivity contribution in [2.45, 2.75) is 13.5 Å². The van der Waals surface area contributed by atoms with E-state index in [1.807, 2.05) is 11.5 Å². The van der Waals surface area contributed by atoms with E-state index in [0.29, 0.717) is 28.8 Å². The minimum atomic E-state index is -0.427. The molecule has 0 N–H and O–H groups in total. The molecule has 0 fully saturated rings. The lowest BCUT2D eigenvalue weighted by atomic mass is 10.2. The number of nitriles is 1. The van der Waals surface area contributed by atoms with Gasteiger partial charge in [0, 0.05) is 20.2 Å². The Morgan fingerprint density at radius 1 is 1.27 bits per heavy atom. The predicted molar refractivity (Wildman–Crippen MR) is 80.3 cm³/mol. The van der Waals surface area contributed by atoms with Crippen molar-refractivity contribution in [3.8, 4) is 6.07 Å². The SMILES string of the molecule is CC[n+]1c2ccc(C#N)cc2nc2c1c(=O)n(C)c(=O)n2C. The summed E-state index contributed by atoms with van der Waals surface area (Å²) in [6.07, 6.45) is 0. The lowest BCUT2D eigenvalue weighted by molar-refractivity contribution is -0.642. The smallest absolute Gasteiger partial charge is 0.275 e. The molecular weight excluding hydrogens is 282 g/mol. The molecule has 1 aromatic carbocycles. The highest BCUT2D eigenvalue weighted by Gasteiger charge is 2.23. The number of hydrogen-bond donors (Lipinski definition) is 0. The monoisotopic (exact) mass is 296 g/mol. The second-order valence-corrected chi connectivity index (χ2v) is 5.05. The molecule has 0 aliphatic carbocycles. The zero-order valence-corrected chi connectivity index (χ0v) is 12.5. The van der Waals surface area contributed by atoms with Crippen molar-refractivity contribution in [3.63, 3.8) is 0 Å². The maximum atomic E-state index is 12.5. The van der Waals surface area contributed by atoms with E-state index in [-0.39, 0.29) is 5.56 Å². The van der Waals surface area contributed by atoms with Crippen molar-refractivity contribution in [1.82, 2.24) is 14.1 Å². The van der Waals surface area contributed by atoms with Crippen LogP contribution in [0.4, 0.5) is 0 Å². The highest BCUT2D eigenvalue weighted by molar-refractivity contribution is 5.80. The minimum absolute atomic E-state index is 0.317. The van der Waals surface area contributed by atoms with Crippen LogP contribution in [0.15, 0.2) is 27.8 Å². The molecule has 110 valence electrons. The molecule has 0 unspecified atom stereocenters. The number of hydrogen-bond acceptors (Lipinski definition) is 4. The second-order valence-electron chi connectivity index (χ2n) is 5.05. The van der Waals surface area contributed by atoms with Gasteiger partial charge in [0.25, 0.3) is 0 Å². The third kappa shape index (κ3) is 1.74. The summed E-state index contributed by atoms with van der Waals surface area (Å²) in [7, 11) is 3.03. The molecule has 0 radical (unpaired) electrons. The van der Waals surface area contributed by atoms with Crippen molar-refractivity contribution in [2.24, 2.45) is 14.1 Å². The largest absolute Gasteiger partial charge is 0.332 e. The van der Waals surface area contributed by atoms with Crippen molar-refractivity contribution in [3.05, 3.63) is 44.6 Å². The van der Waals surface area contributed by atoms with Gasteiger partial charge in [-0.2, -0.15) is 9.83 Å². The molecule has 0 saturated heterocycles. The van der Waals surface area contributed by atoms with Crippen LogP contribution in [0.1, 0.15) is 12.5 Å². The molecule has 22 heavy (non-hydrogen) atoms. The van der Waals surface area contributed by atoms with Gasteiger partial charge in [0.05, 0.1) is 11.6 Å². The van der Waals surface area contributed by atoms with Gasteiger partial charge in [-0.1, -0.05) is 0 Å². The van der Waals surface area contributed by atoms with Gasteiger partial charge in [-0.15, -0.1) is 0 Å². The lowest BCUT2D eigenvalue weighted by Crippen LogP contribution is -2.46. The van der Waals surface area contributed by atoms with E-state index in [2.05, 4.69) is 11.1 Å². The van der Waals surface area contributed by atoms with Gasteiger partial charge in [0.2, 0.25) is 11.2 Å². The summed E-state index contributed by atoms with van der Waals surface area (Å²) >= 11 is 0. The van der Waals surface area contributed by atoms with Crippen molar-refractivity contribution < 1.29 is 4.57 Å². The lowest BCUT2D eigenvalue weighted by Gasteiger charge is -2.07. The van der Waals surface area contributed by atoms with Crippen LogP contribution in [0.3, 0.4) is 0 Å². The molecule has 7 nitrogen and oxygen atoms in total. The number of fused-ring (bicyclic) bond motifs is 2. The Kier molecular flexibility index (Phi) is 3.03. The molecule has 0 saturated carbocycles. The van der Waals surface area contributed by atoms with E-state index in [0.717, 1.165) is 10.1 Å². The average Bonchev–Trinajstić information content (AvgIpc) is 2.55. The summed E-state index contributed by atoms with van der Waals surface area (Å²) in [6.45, 7) is 2.47. The minimum Gasteiger partial charge on any atom is -0.275 e. The van der Waals surface area contributed by atoms with Crippen molar-refractivity contribution in [2.75, 3.05) is 0 Å². The van der Waals surface area contributed by atoms with E-state index >= 15 is 0 Å². The first kappa shape index (κ1) is 13.9. The van der Waals surface area contributed by atoms with Crippen LogP contribution >= 0.6 is 0 Å². The highest BCUT2D eigenvalue weighted by Crippen LogP contribution is 2.13. The Hall–Kier alpha value is -3.01. The molecule has 2 aromatic heterocycles. The standard InChI is InChI=1S/C15H14N5O2/c1-4-20-11-6-5-9(8-16)7-10(11)17-13-12(20)14(21)19(3)15(22)18(13)2/h5-7H,4H2,1-3H3/q+1. The normalized spacial score (nSPS) is 11.0. The number of aromatic nitrogens is 4. The van der Waals surface area contributed by atoms with Crippen LogP contribution in [0.2, 0.25) is 0 Å². The fourth-order valence-electron chi connectivity index (χ4n) is 2.65. The van der Waals surface area contributed by atoms with Gasteiger partial charge in [-0.3, -0.25) is 13.9 Å². The Labute approximate surface area is 125 Å². The molecule has 0 aliphatic rings. The third-order valence-electron chi connectivity index (χ3n) is 3.82. The molecule has 0 atom stereocenters. The summed E-state index contributed by atoms with van der Waals surface area (Å²) in [6, 6.07) is 7.18. The maximum Gasteiger partial charge on any atom is 0.332 e. The summed E-state index contributed by atoms with van der Waals surface area (Å²) in [5.41, 5.74) is 1.71. The Morgan fingerprint density at radius 2 is 2.00 bits per heavy atom. The summed E-state index contributed by atoms with van der Waals surface area (Å²) in [4.78, 5) is 29.0. The first-order valence-electron chi connectivity index (χ1n) is 6.83. The quantitative estimate of drug-likeness (QED) is 0.466. The third-order valence-corrected chi connectivity index (χ3v) is 3.82. The van der Waals surface area contributed by atoms with Gasteiger partial charge in [0.1, 0.15) is 12.1 Å². The number of rotatable bonds is 1. The molecule has 3 rings (SSSR count). The first-order valence-corrected chi connectivity index (χ1v) is 6.83. The van der Waals surface area contributed by atoms with Gasteiger partial charge in [0.15, 0.2) is 0 Å². The Balaban J connectivity index is 2.68. The van der Waals surface area contributed by atoms with E-state index in [1.54, 1.807) is 25.2 Å². The predicted octanol–water partition coefficient (Wildman–Crippen LogP) is -0.0355.